The van der Waals surface area contributed by atoms with Crippen LogP contribution < -0.4 is 18.9 Å². The van der Waals surface area contributed by atoms with Crippen LogP contribution >= 0.6 is 0 Å². The first kappa shape index (κ1) is 21.6. The molecule has 2 rings (SSSR count). The minimum Gasteiger partial charge on any atom is -0.496 e. The molecule has 0 fully saturated rings. The van der Waals surface area contributed by atoms with Crippen molar-refractivity contribution in [2.45, 2.75) is 12.5 Å². The molecule has 0 unspecified atom stereocenters. The summed E-state index contributed by atoms with van der Waals surface area (Å²) < 4.78 is 21.5. The Kier molecular flexibility index (Phi) is 8.17. The largest absolute Gasteiger partial charge is 0.496 e. The second-order valence-corrected chi connectivity index (χ2v) is 6.18. The maximum absolute atomic E-state index is 10.9. The van der Waals surface area contributed by atoms with Gasteiger partial charge in [-0.2, -0.15) is 0 Å². The molecule has 2 N–H and O–H groups in total. The molecule has 0 saturated heterocycles. The topological polar surface area (TPSA) is 77.4 Å². The molecule has 0 aliphatic heterocycles. The zero-order valence-corrected chi connectivity index (χ0v) is 16.7. The Labute approximate surface area is 165 Å². The predicted octanol–water partition coefficient (Wildman–Crippen LogP) is 3.47. The molecule has 28 heavy (non-hydrogen) atoms. The normalized spacial score (nSPS) is 13.2. The summed E-state index contributed by atoms with van der Waals surface area (Å²) in [4.78, 5) is 0. The van der Waals surface area contributed by atoms with Crippen LogP contribution in [0.15, 0.2) is 42.5 Å². The van der Waals surface area contributed by atoms with E-state index in [1.165, 1.54) is 14.2 Å². The summed E-state index contributed by atoms with van der Waals surface area (Å²) in [6.45, 7) is -0.199. The number of rotatable bonds is 10. The molecular weight excluding hydrogens is 360 g/mol. The fraction of sp³-hybridized carbons (Fsp3) is 0.364. The Hall–Kier alpha value is -2.70. The SMILES string of the molecule is COc1cccc(OC)c1/C=C/C[C@@H](CO)[C@@H](O)c1c(OC)cccc1OC. The van der Waals surface area contributed by atoms with Crippen molar-refractivity contribution >= 4 is 6.08 Å². The average molecular weight is 388 g/mol. The standard InChI is InChI=1S/C22H28O6/c1-25-17-10-6-11-18(26-2)16(17)9-5-8-15(14-23)22(24)21-19(27-3)12-7-13-20(21)28-4/h5-7,9-13,15,22-24H,8,14H2,1-4H3/b9-5+/t15-,22+/m0/s1. The summed E-state index contributed by atoms with van der Waals surface area (Å²) in [5.74, 6) is 1.95. The maximum atomic E-state index is 10.9. The molecule has 0 amide bonds. The molecule has 6 nitrogen and oxygen atoms in total. The van der Waals surface area contributed by atoms with Crippen LogP contribution in [0, 0.1) is 5.92 Å². The Bertz CT molecular complexity index is 742. The predicted molar refractivity (Wildman–Crippen MR) is 108 cm³/mol. The first-order valence-corrected chi connectivity index (χ1v) is 8.98. The highest BCUT2D eigenvalue weighted by atomic mass is 16.5. The molecule has 0 bridgehead atoms. The number of methoxy groups -OCH3 is 4. The molecule has 0 aliphatic rings. The second kappa shape index (κ2) is 10.6. The van der Waals surface area contributed by atoms with E-state index >= 15 is 0 Å². The lowest BCUT2D eigenvalue weighted by atomic mass is 9.91. The van der Waals surface area contributed by atoms with Crippen molar-refractivity contribution in [3.05, 3.63) is 53.6 Å². The van der Waals surface area contributed by atoms with Crippen molar-refractivity contribution in [3.63, 3.8) is 0 Å². The van der Waals surface area contributed by atoms with E-state index in [2.05, 4.69) is 0 Å². The van der Waals surface area contributed by atoms with E-state index < -0.39 is 12.0 Å². The molecule has 0 saturated carbocycles. The van der Waals surface area contributed by atoms with Crippen LogP contribution in [0.4, 0.5) is 0 Å². The minimum absolute atomic E-state index is 0.199. The van der Waals surface area contributed by atoms with Crippen molar-refractivity contribution in [2.75, 3.05) is 35.0 Å². The second-order valence-electron chi connectivity index (χ2n) is 6.18. The molecule has 0 aliphatic carbocycles. The Morgan fingerprint density at radius 1 is 0.821 bits per heavy atom. The van der Waals surface area contributed by atoms with Gasteiger partial charge >= 0.3 is 0 Å². The van der Waals surface area contributed by atoms with E-state index in [0.717, 1.165) is 5.56 Å². The van der Waals surface area contributed by atoms with Gasteiger partial charge in [-0.3, -0.25) is 0 Å². The van der Waals surface area contributed by atoms with Gasteiger partial charge in [-0.25, -0.2) is 0 Å². The number of hydrogen-bond donors (Lipinski definition) is 2. The molecule has 152 valence electrons. The first-order valence-electron chi connectivity index (χ1n) is 8.98. The van der Waals surface area contributed by atoms with Gasteiger partial charge in [0.25, 0.3) is 0 Å². The fourth-order valence-corrected chi connectivity index (χ4v) is 3.12. The third-order valence-corrected chi connectivity index (χ3v) is 4.63. The van der Waals surface area contributed by atoms with Crippen molar-refractivity contribution in [3.8, 4) is 23.0 Å². The average Bonchev–Trinajstić information content (AvgIpc) is 2.75. The van der Waals surface area contributed by atoms with Crippen LogP contribution in [0.5, 0.6) is 23.0 Å². The van der Waals surface area contributed by atoms with E-state index in [9.17, 15) is 10.2 Å². The van der Waals surface area contributed by atoms with E-state index in [0.29, 0.717) is 35.0 Å². The van der Waals surface area contributed by atoms with Gasteiger partial charge < -0.3 is 29.2 Å². The van der Waals surface area contributed by atoms with Gasteiger partial charge in [0.1, 0.15) is 23.0 Å². The highest BCUT2D eigenvalue weighted by Crippen LogP contribution is 2.38. The number of aliphatic hydroxyl groups excluding tert-OH is 2. The summed E-state index contributed by atoms with van der Waals surface area (Å²) in [6, 6.07) is 10.8. The first-order chi connectivity index (χ1) is 13.6. The quantitative estimate of drug-likeness (QED) is 0.649. The number of ether oxygens (including phenoxy) is 4. The van der Waals surface area contributed by atoms with Crippen LogP contribution in [0.1, 0.15) is 23.7 Å². The number of allylic oxidation sites excluding steroid dienone is 1. The van der Waals surface area contributed by atoms with Crippen LogP contribution in [0.3, 0.4) is 0 Å². The number of benzene rings is 2. The third-order valence-electron chi connectivity index (χ3n) is 4.63. The molecule has 0 aromatic heterocycles. The Morgan fingerprint density at radius 2 is 1.29 bits per heavy atom. The van der Waals surface area contributed by atoms with E-state index in [4.69, 9.17) is 18.9 Å². The smallest absolute Gasteiger partial charge is 0.129 e. The molecule has 2 atom stereocenters. The summed E-state index contributed by atoms with van der Waals surface area (Å²) in [6.07, 6.45) is 3.22. The zero-order chi connectivity index (χ0) is 20.5. The molecule has 0 heterocycles. The minimum atomic E-state index is -0.958. The van der Waals surface area contributed by atoms with E-state index in [1.807, 2.05) is 30.4 Å². The van der Waals surface area contributed by atoms with Crippen LogP contribution in [0.2, 0.25) is 0 Å². The Balaban J connectivity index is 2.26. The van der Waals surface area contributed by atoms with E-state index in [1.54, 1.807) is 32.4 Å². The zero-order valence-electron chi connectivity index (χ0n) is 16.7. The molecule has 0 spiro atoms. The number of hydrogen-bond acceptors (Lipinski definition) is 6. The Morgan fingerprint density at radius 3 is 1.71 bits per heavy atom. The lowest BCUT2D eigenvalue weighted by molar-refractivity contribution is 0.0646. The molecular formula is C22H28O6. The monoisotopic (exact) mass is 388 g/mol. The van der Waals surface area contributed by atoms with Gasteiger partial charge in [0.2, 0.25) is 0 Å². The number of aliphatic hydroxyl groups is 2. The van der Waals surface area contributed by atoms with Crippen molar-refractivity contribution in [1.29, 1.82) is 0 Å². The van der Waals surface area contributed by atoms with Crippen molar-refractivity contribution in [1.82, 2.24) is 0 Å². The van der Waals surface area contributed by atoms with Crippen LogP contribution in [-0.2, 0) is 0 Å². The fourth-order valence-electron chi connectivity index (χ4n) is 3.12. The lowest BCUT2D eigenvalue weighted by Gasteiger charge is -2.23. The summed E-state index contributed by atoms with van der Waals surface area (Å²) >= 11 is 0. The highest BCUT2D eigenvalue weighted by molar-refractivity contribution is 5.64. The van der Waals surface area contributed by atoms with E-state index in [-0.39, 0.29) is 6.61 Å². The summed E-state index contributed by atoms with van der Waals surface area (Å²) in [7, 11) is 6.26. The van der Waals surface area contributed by atoms with Gasteiger partial charge in [0.05, 0.1) is 45.7 Å². The molecule has 6 heteroatoms. The van der Waals surface area contributed by atoms with Gasteiger partial charge in [0.15, 0.2) is 0 Å². The molecule has 0 radical (unpaired) electrons. The lowest BCUT2D eigenvalue weighted by Crippen LogP contribution is -2.17. The molecule has 2 aromatic carbocycles. The van der Waals surface area contributed by atoms with Gasteiger partial charge in [-0.05, 0) is 30.7 Å². The highest BCUT2D eigenvalue weighted by Gasteiger charge is 2.26. The molecule has 2 aromatic rings. The van der Waals surface area contributed by atoms with Crippen molar-refractivity contribution < 1.29 is 29.2 Å². The van der Waals surface area contributed by atoms with Gasteiger partial charge in [-0.1, -0.05) is 24.3 Å². The van der Waals surface area contributed by atoms with Gasteiger partial charge in [-0.15, -0.1) is 0 Å². The van der Waals surface area contributed by atoms with Gasteiger partial charge in [0, 0.05) is 12.5 Å². The van der Waals surface area contributed by atoms with Crippen LogP contribution in [0.25, 0.3) is 6.08 Å². The third kappa shape index (κ3) is 4.77. The van der Waals surface area contributed by atoms with Crippen LogP contribution in [-0.4, -0.2) is 45.3 Å². The maximum Gasteiger partial charge on any atom is 0.129 e. The van der Waals surface area contributed by atoms with Crippen molar-refractivity contribution in [2.24, 2.45) is 5.92 Å². The summed E-state index contributed by atoms with van der Waals surface area (Å²) in [5.41, 5.74) is 1.32. The summed E-state index contributed by atoms with van der Waals surface area (Å²) in [5, 5.41) is 20.8.